The van der Waals surface area contributed by atoms with E-state index in [4.69, 9.17) is 9.47 Å². The summed E-state index contributed by atoms with van der Waals surface area (Å²) in [7, 11) is 3.24. The number of ether oxygens (including phenoxy) is 3. The third-order valence-corrected chi connectivity index (χ3v) is 4.88. The molecule has 4 atom stereocenters. The Morgan fingerprint density at radius 3 is 2.46 bits per heavy atom. The molecule has 7 heteroatoms. The number of carbonyl (C=O) groups excluding carboxylic acids is 3. The lowest BCUT2D eigenvalue weighted by molar-refractivity contribution is -0.154. The molecule has 0 aromatic heterocycles. The van der Waals surface area contributed by atoms with Crippen LogP contribution in [0.3, 0.4) is 0 Å². The molecule has 0 unspecified atom stereocenters. The number of hydrogen-bond donors (Lipinski definition) is 0. The molecule has 2 aliphatic heterocycles. The van der Waals surface area contributed by atoms with Crippen molar-refractivity contribution in [3.63, 3.8) is 0 Å². The van der Waals surface area contributed by atoms with Gasteiger partial charge in [0.25, 0.3) is 0 Å². The van der Waals surface area contributed by atoms with Crippen molar-refractivity contribution in [3.8, 4) is 0 Å². The van der Waals surface area contributed by atoms with Crippen molar-refractivity contribution in [2.24, 2.45) is 0 Å². The molecule has 0 saturated carbocycles. The minimum Gasteiger partial charge on any atom is -0.466 e. The van der Waals surface area contributed by atoms with Gasteiger partial charge in [0, 0.05) is 37.0 Å². The molecule has 2 rings (SSSR count). The maximum absolute atomic E-state index is 12.0. The van der Waals surface area contributed by atoms with Crippen molar-refractivity contribution in [2.75, 3.05) is 14.2 Å². The van der Waals surface area contributed by atoms with E-state index in [2.05, 4.69) is 16.2 Å². The van der Waals surface area contributed by atoms with Crippen molar-refractivity contribution in [3.05, 3.63) is 23.8 Å². The fourth-order valence-electron chi connectivity index (χ4n) is 3.63. The molecular weight excluding hydrogens is 338 g/mol. The van der Waals surface area contributed by atoms with Gasteiger partial charge in [-0.05, 0) is 20.9 Å². The van der Waals surface area contributed by atoms with Crippen molar-refractivity contribution in [1.82, 2.24) is 4.90 Å². The van der Waals surface area contributed by atoms with Crippen LogP contribution >= 0.6 is 0 Å². The highest BCUT2D eigenvalue weighted by Gasteiger charge is 2.47. The molecular formula is C19H27NO6. The van der Waals surface area contributed by atoms with Gasteiger partial charge in [-0.25, -0.2) is 9.59 Å². The quantitative estimate of drug-likeness (QED) is 0.403. The lowest BCUT2D eigenvalue weighted by atomic mass is 10.00. The van der Waals surface area contributed by atoms with Gasteiger partial charge in [0.15, 0.2) is 0 Å². The molecule has 7 nitrogen and oxygen atoms in total. The molecule has 2 aliphatic rings. The van der Waals surface area contributed by atoms with Crippen LogP contribution in [0, 0.1) is 0 Å². The third-order valence-electron chi connectivity index (χ3n) is 4.88. The van der Waals surface area contributed by atoms with Gasteiger partial charge in [0.1, 0.15) is 12.2 Å². The molecule has 0 N–H and O–H groups in total. The van der Waals surface area contributed by atoms with E-state index in [-0.39, 0.29) is 42.3 Å². The minimum absolute atomic E-state index is 0.0184. The number of rotatable bonds is 6. The van der Waals surface area contributed by atoms with E-state index >= 15 is 0 Å². The average molecular weight is 365 g/mol. The van der Waals surface area contributed by atoms with Crippen LogP contribution < -0.4 is 0 Å². The van der Waals surface area contributed by atoms with Gasteiger partial charge in [-0.3, -0.25) is 9.69 Å². The number of likely N-dealkylation sites (N-methyl/N-ethyl adjacent to an activating group) is 1. The first-order valence-corrected chi connectivity index (χ1v) is 8.74. The summed E-state index contributed by atoms with van der Waals surface area (Å²) in [6.45, 7) is 7.23. The predicted molar refractivity (Wildman–Crippen MR) is 94.2 cm³/mol. The molecule has 0 spiro atoms. The van der Waals surface area contributed by atoms with Crippen LogP contribution in [0.1, 0.15) is 39.5 Å². The zero-order chi connectivity index (χ0) is 19.4. The standard InChI is InChI=1S/C19H27NO6/c1-11(2)6-17(21)26-16-9-13-8-14(10-15(16)20(13)4)25-18(22)7-12(3)19(23)24-5/h6,13-16H,3,7-10H2,1-2,4-5H3/t13-,14+,15-,16-/m0/s1. The van der Waals surface area contributed by atoms with E-state index in [9.17, 15) is 14.4 Å². The van der Waals surface area contributed by atoms with Crippen molar-refractivity contribution < 1.29 is 28.6 Å². The highest BCUT2D eigenvalue weighted by Crippen LogP contribution is 2.37. The second-order valence-electron chi connectivity index (χ2n) is 7.17. The van der Waals surface area contributed by atoms with E-state index in [1.807, 2.05) is 20.9 Å². The molecule has 2 fully saturated rings. The maximum Gasteiger partial charge on any atom is 0.333 e. The molecule has 0 aliphatic carbocycles. The zero-order valence-corrected chi connectivity index (χ0v) is 15.8. The Morgan fingerprint density at radius 2 is 1.85 bits per heavy atom. The number of methoxy groups -OCH3 is 1. The fraction of sp³-hybridized carbons (Fsp3) is 0.632. The SMILES string of the molecule is C=C(CC(=O)O[C@@H]1C[C@H]2C[C@H](OC(=O)C=C(C)C)[C@H](C1)N2C)C(=O)OC. The van der Waals surface area contributed by atoms with E-state index in [1.165, 1.54) is 13.2 Å². The third kappa shape index (κ3) is 4.94. The lowest BCUT2D eigenvalue weighted by Gasteiger charge is -2.36. The molecule has 0 aromatic carbocycles. The summed E-state index contributed by atoms with van der Waals surface area (Å²) in [4.78, 5) is 37.5. The predicted octanol–water partition coefficient (Wildman–Crippen LogP) is 1.76. The van der Waals surface area contributed by atoms with Gasteiger partial charge in [-0.1, -0.05) is 12.2 Å². The molecule has 0 radical (unpaired) electrons. The first kappa shape index (κ1) is 20.2. The van der Waals surface area contributed by atoms with Gasteiger partial charge < -0.3 is 14.2 Å². The highest BCUT2D eigenvalue weighted by atomic mass is 16.6. The summed E-state index contributed by atoms with van der Waals surface area (Å²) in [6.07, 6.45) is 2.84. The summed E-state index contributed by atoms with van der Waals surface area (Å²) in [5, 5.41) is 0. The monoisotopic (exact) mass is 365 g/mol. The largest absolute Gasteiger partial charge is 0.466 e. The van der Waals surface area contributed by atoms with Gasteiger partial charge >= 0.3 is 17.9 Å². The Kier molecular flexibility index (Phi) is 6.58. The highest BCUT2D eigenvalue weighted by molar-refractivity contribution is 5.93. The molecule has 0 amide bonds. The summed E-state index contributed by atoms with van der Waals surface area (Å²) in [5.74, 6) is -1.44. The van der Waals surface area contributed by atoms with E-state index in [0.29, 0.717) is 12.8 Å². The Morgan fingerprint density at radius 1 is 1.15 bits per heavy atom. The molecule has 2 heterocycles. The van der Waals surface area contributed by atoms with Crippen LogP contribution in [0.15, 0.2) is 23.8 Å². The normalized spacial score (nSPS) is 27.4. The maximum atomic E-state index is 12.0. The topological polar surface area (TPSA) is 82.1 Å². The fourth-order valence-corrected chi connectivity index (χ4v) is 3.63. The van der Waals surface area contributed by atoms with E-state index in [1.54, 1.807) is 0 Å². The van der Waals surface area contributed by atoms with Gasteiger partial charge in [0.2, 0.25) is 0 Å². The number of esters is 3. The lowest BCUT2D eigenvalue weighted by Crippen LogP contribution is -2.46. The van der Waals surface area contributed by atoms with Crippen molar-refractivity contribution in [1.29, 1.82) is 0 Å². The minimum atomic E-state index is -0.614. The Bertz CT molecular complexity index is 622. The number of nitrogens with zero attached hydrogens (tertiary/aromatic N) is 1. The molecule has 144 valence electrons. The molecule has 2 bridgehead atoms. The van der Waals surface area contributed by atoms with Crippen molar-refractivity contribution in [2.45, 2.75) is 63.8 Å². The van der Waals surface area contributed by atoms with E-state index < -0.39 is 11.9 Å². The number of fused-ring (bicyclic) bond motifs is 2. The molecule has 0 aromatic rings. The van der Waals surface area contributed by atoms with E-state index in [0.717, 1.165) is 12.0 Å². The van der Waals surface area contributed by atoms with Gasteiger partial charge in [-0.2, -0.15) is 0 Å². The number of allylic oxidation sites excluding steroid dienone is 1. The second kappa shape index (κ2) is 8.49. The average Bonchev–Trinajstić information content (AvgIpc) is 2.71. The van der Waals surface area contributed by atoms with Crippen LogP contribution in [0.5, 0.6) is 0 Å². The Hall–Kier alpha value is -2.15. The van der Waals surface area contributed by atoms with Crippen LogP contribution in [0.4, 0.5) is 0 Å². The van der Waals surface area contributed by atoms with Crippen LogP contribution in [-0.2, 0) is 28.6 Å². The Labute approximate surface area is 154 Å². The molecule has 26 heavy (non-hydrogen) atoms. The summed E-state index contributed by atoms with van der Waals surface area (Å²) >= 11 is 0. The summed E-state index contributed by atoms with van der Waals surface area (Å²) < 4.78 is 15.6. The van der Waals surface area contributed by atoms with Gasteiger partial charge in [-0.15, -0.1) is 0 Å². The first-order chi connectivity index (χ1) is 12.2. The zero-order valence-electron chi connectivity index (χ0n) is 15.8. The second-order valence-corrected chi connectivity index (χ2v) is 7.17. The van der Waals surface area contributed by atoms with Crippen molar-refractivity contribution >= 4 is 17.9 Å². The molecule has 2 saturated heterocycles. The number of piperidine rings is 1. The van der Waals surface area contributed by atoms with Gasteiger partial charge in [0.05, 0.1) is 19.6 Å². The van der Waals surface area contributed by atoms with Crippen LogP contribution in [-0.4, -0.2) is 61.3 Å². The summed E-state index contributed by atoms with van der Waals surface area (Å²) in [5.41, 5.74) is 0.962. The Balaban J connectivity index is 1.91. The summed E-state index contributed by atoms with van der Waals surface area (Å²) in [6, 6.07) is 0.213. The number of hydrogen-bond acceptors (Lipinski definition) is 7. The first-order valence-electron chi connectivity index (χ1n) is 8.74. The smallest absolute Gasteiger partial charge is 0.333 e. The van der Waals surface area contributed by atoms with Crippen LogP contribution in [0.25, 0.3) is 0 Å². The van der Waals surface area contributed by atoms with Crippen LogP contribution in [0.2, 0.25) is 0 Å². The number of carbonyl (C=O) groups is 3.